The number of hydrogen-bond acceptors (Lipinski definition) is 5. The van der Waals surface area contributed by atoms with Crippen molar-refractivity contribution in [1.29, 1.82) is 0 Å². The predicted octanol–water partition coefficient (Wildman–Crippen LogP) is 2.46. The number of aromatic nitrogens is 3. The third-order valence-corrected chi connectivity index (χ3v) is 5.01. The van der Waals surface area contributed by atoms with Crippen LogP contribution in [0, 0.1) is 12.8 Å². The van der Waals surface area contributed by atoms with E-state index in [1.54, 1.807) is 11.7 Å². The molecule has 1 aliphatic rings. The molecule has 0 aliphatic carbocycles. The lowest BCUT2D eigenvalue weighted by Gasteiger charge is -2.18. The van der Waals surface area contributed by atoms with E-state index in [0.717, 1.165) is 34.8 Å². The van der Waals surface area contributed by atoms with Crippen molar-refractivity contribution in [2.45, 2.75) is 32.8 Å². The van der Waals surface area contributed by atoms with Crippen LogP contribution in [0.4, 0.5) is 5.00 Å². The maximum Gasteiger partial charge on any atom is 0.231 e. The zero-order chi connectivity index (χ0) is 15.7. The molecule has 1 fully saturated rings. The van der Waals surface area contributed by atoms with Gasteiger partial charge in [-0.3, -0.25) is 9.48 Å². The van der Waals surface area contributed by atoms with Crippen molar-refractivity contribution in [2.75, 3.05) is 11.9 Å². The van der Waals surface area contributed by atoms with Gasteiger partial charge in [0, 0.05) is 24.9 Å². The monoisotopic (exact) mass is 320 g/mol. The quantitative estimate of drug-likeness (QED) is 0.939. The van der Waals surface area contributed by atoms with E-state index >= 15 is 0 Å². The molecular weight excluding hydrogens is 300 g/mol. The molecule has 0 spiro atoms. The average molecular weight is 320 g/mol. The van der Waals surface area contributed by atoms with Crippen molar-refractivity contribution in [3.05, 3.63) is 28.7 Å². The number of ether oxygens (including phenoxy) is 1. The predicted molar refractivity (Wildman–Crippen MR) is 84.9 cm³/mol. The highest BCUT2D eigenvalue weighted by atomic mass is 32.1. The summed E-state index contributed by atoms with van der Waals surface area (Å²) in [6, 6.07) is 0. The zero-order valence-corrected chi connectivity index (χ0v) is 13.8. The van der Waals surface area contributed by atoms with Crippen LogP contribution in [-0.2, 0) is 23.0 Å². The van der Waals surface area contributed by atoms with Gasteiger partial charge in [0.2, 0.25) is 5.91 Å². The Kier molecular flexibility index (Phi) is 4.26. The van der Waals surface area contributed by atoms with Gasteiger partial charge >= 0.3 is 0 Å². The molecule has 1 N–H and O–H groups in total. The number of hydrogen-bond donors (Lipinski definition) is 1. The second-order valence-corrected chi connectivity index (χ2v) is 6.32. The van der Waals surface area contributed by atoms with Crippen LogP contribution in [0.25, 0.3) is 0 Å². The molecule has 3 heterocycles. The van der Waals surface area contributed by atoms with Crippen molar-refractivity contribution in [3.8, 4) is 0 Å². The Morgan fingerprint density at radius 2 is 2.41 bits per heavy atom. The standard InChI is InChI=1S/C15H20N4O2S/c1-4-12-15(22-8-16-12)18-14(20)10-5-6-21-13(10)11-7-17-19(3)9(11)2/h7-8,10,13H,4-6H2,1-3H3,(H,18,20)/t10-,13-/m0/s1. The van der Waals surface area contributed by atoms with Gasteiger partial charge in [0.25, 0.3) is 0 Å². The van der Waals surface area contributed by atoms with Crippen molar-refractivity contribution < 1.29 is 9.53 Å². The third kappa shape index (κ3) is 2.66. The maximum atomic E-state index is 12.6. The first-order chi connectivity index (χ1) is 10.6. The van der Waals surface area contributed by atoms with E-state index in [1.165, 1.54) is 11.3 Å². The molecule has 2 atom stereocenters. The van der Waals surface area contributed by atoms with Gasteiger partial charge in [0.05, 0.1) is 29.4 Å². The summed E-state index contributed by atoms with van der Waals surface area (Å²) in [5, 5.41) is 8.12. The zero-order valence-electron chi connectivity index (χ0n) is 13.0. The van der Waals surface area contributed by atoms with Crippen molar-refractivity contribution >= 4 is 22.2 Å². The summed E-state index contributed by atoms with van der Waals surface area (Å²) in [6.45, 7) is 4.63. The van der Waals surface area contributed by atoms with E-state index in [9.17, 15) is 4.79 Å². The fraction of sp³-hybridized carbons (Fsp3) is 0.533. The molecule has 7 heteroatoms. The molecule has 3 rings (SSSR count). The van der Waals surface area contributed by atoms with Crippen molar-refractivity contribution in [3.63, 3.8) is 0 Å². The molecule has 22 heavy (non-hydrogen) atoms. The van der Waals surface area contributed by atoms with E-state index in [4.69, 9.17) is 4.74 Å². The van der Waals surface area contributed by atoms with Crippen molar-refractivity contribution in [2.24, 2.45) is 13.0 Å². The van der Waals surface area contributed by atoms with Gasteiger partial charge in [-0.25, -0.2) is 4.98 Å². The summed E-state index contributed by atoms with van der Waals surface area (Å²) >= 11 is 1.47. The summed E-state index contributed by atoms with van der Waals surface area (Å²) in [4.78, 5) is 16.9. The Balaban J connectivity index is 1.78. The molecule has 118 valence electrons. The Morgan fingerprint density at radius 1 is 1.59 bits per heavy atom. The highest BCUT2D eigenvalue weighted by Crippen LogP contribution is 2.37. The number of nitrogens with one attached hydrogen (secondary N) is 1. The van der Waals surface area contributed by atoms with E-state index in [-0.39, 0.29) is 17.9 Å². The number of nitrogens with zero attached hydrogens (tertiary/aromatic N) is 3. The van der Waals surface area contributed by atoms with Gasteiger partial charge in [-0.05, 0) is 19.8 Å². The molecule has 6 nitrogen and oxygen atoms in total. The molecule has 0 bridgehead atoms. The van der Waals surface area contributed by atoms with Gasteiger partial charge in [-0.2, -0.15) is 5.10 Å². The Bertz CT molecular complexity index is 679. The molecular formula is C15H20N4O2S. The van der Waals surface area contributed by atoms with E-state index in [2.05, 4.69) is 15.4 Å². The summed E-state index contributed by atoms with van der Waals surface area (Å²) in [6.07, 6.45) is 3.12. The third-order valence-electron chi connectivity index (χ3n) is 4.22. The van der Waals surface area contributed by atoms with Gasteiger partial charge in [-0.1, -0.05) is 6.92 Å². The van der Waals surface area contributed by atoms with Crippen LogP contribution in [0.5, 0.6) is 0 Å². The van der Waals surface area contributed by atoms with Gasteiger partial charge in [0.15, 0.2) is 0 Å². The fourth-order valence-electron chi connectivity index (χ4n) is 2.79. The highest BCUT2D eigenvalue weighted by Gasteiger charge is 2.37. The van der Waals surface area contributed by atoms with Crippen LogP contribution in [0.2, 0.25) is 0 Å². The second-order valence-electron chi connectivity index (χ2n) is 5.47. The Hall–Kier alpha value is -1.73. The molecule has 0 radical (unpaired) electrons. The van der Waals surface area contributed by atoms with Crippen LogP contribution in [0.15, 0.2) is 11.7 Å². The minimum atomic E-state index is -0.216. The molecule has 2 aromatic rings. The first-order valence-corrected chi connectivity index (χ1v) is 8.33. The molecule has 1 saturated heterocycles. The first kappa shape index (κ1) is 15.2. The van der Waals surface area contributed by atoms with Gasteiger partial charge < -0.3 is 10.1 Å². The molecule has 0 saturated carbocycles. The lowest BCUT2D eigenvalue weighted by atomic mass is 9.95. The normalized spacial score (nSPS) is 21.2. The number of aryl methyl sites for hydroxylation is 2. The van der Waals surface area contributed by atoms with E-state index in [1.807, 2.05) is 25.6 Å². The molecule has 1 amide bonds. The average Bonchev–Trinajstić information content (AvgIpc) is 3.21. The van der Waals surface area contributed by atoms with Crippen LogP contribution in [-0.4, -0.2) is 27.3 Å². The number of anilines is 1. The van der Waals surface area contributed by atoms with Crippen LogP contribution in [0.3, 0.4) is 0 Å². The van der Waals surface area contributed by atoms with E-state index in [0.29, 0.717) is 6.61 Å². The number of carbonyl (C=O) groups is 1. The summed E-state index contributed by atoms with van der Waals surface area (Å²) in [7, 11) is 1.90. The largest absolute Gasteiger partial charge is 0.373 e. The number of rotatable bonds is 4. The molecule has 2 aromatic heterocycles. The topological polar surface area (TPSA) is 69.0 Å². The minimum absolute atomic E-state index is 0.00435. The second kappa shape index (κ2) is 6.18. The SMILES string of the molecule is CCc1ncsc1NC(=O)[C@H]1CCO[C@@H]1c1cnn(C)c1C. The minimum Gasteiger partial charge on any atom is -0.373 e. The summed E-state index contributed by atoms with van der Waals surface area (Å²) < 4.78 is 7.63. The molecule has 0 unspecified atom stereocenters. The molecule has 1 aliphatic heterocycles. The van der Waals surface area contributed by atoms with Crippen LogP contribution in [0.1, 0.15) is 36.4 Å². The van der Waals surface area contributed by atoms with Gasteiger partial charge in [-0.15, -0.1) is 11.3 Å². The number of amides is 1. The number of thiazole rings is 1. The highest BCUT2D eigenvalue weighted by molar-refractivity contribution is 7.14. The maximum absolute atomic E-state index is 12.6. The van der Waals surface area contributed by atoms with E-state index < -0.39 is 0 Å². The van der Waals surface area contributed by atoms with Crippen LogP contribution < -0.4 is 5.32 Å². The lowest BCUT2D eigenvalue weighted by Crippen LogP contribution is -2.25. The Labute approximate surface area is 133 Å². The summed E-state index contributed by atoms with van der Waals surface area (Å²) in [5.41, 5.74) is 4.74. The molecule has 0 aromatic carbocycles. The van der Waals surface area contributed by atoms with Gasteiger partial charge in [0.1, 0.15) is 5.00 Å². The first-order valence-electron chi connectivity index (χ1n) is 7.45. The Morgan fingerprint density at radius 3 is 3.09 bits per heavy atom. The fourth-order valence-corrected chi connectivity index (χ4v) is 3.56. The number of carbonyl (C=O) groups excluding carboxylic acids is 1. The smallest absolute Gasteiger partial charge is 0.231 e. The lowest BCUT2D eigenvalue weighted by molar-refractivity contribution is -0.121. The summed E-state index contributed by atoms with van der Waals surface area (Å²) in [5.74, 6) is -0.181. The van der Waals surface area contributed by atoms with Crippen molar-refractivity contribution in [1.82, 2.24) is 14.8 Å². The van der Waals surface area contributed by atoms with Crippen LogP contribution >= 0.6 is 11.3 Å².